The molecular weight excluding hydrogens is 221 g/mol. The van der Waals surface area contributed by atoms with Crippen LogP contribution in [0, 0.1) is 0 Å². The van der Waals surface area contributed by atoms with Crippen molar-refractivity contribution in [3.63, 3.8) is 0 Å². The molecule has 0 aromatic carbocycles. The van der Waals surface area contributed by atoms with Gasteiger partial charge in [-0.3, -0.25) is 0 Å². The number of hydrogen-bond acceptors (Lipinski definition) is 1. The van der Waals surface area contributed by atoms with Crippen LogP contribution in [0.5, 0.6) is 0 Å². The highest BCUT2D eigenvalue weighted by molar-refractivity contribution is 4.85. The second-order valence-electron chi connectivity index (χ2n) is 2.19. The molecule has 0 saturated carbocycles. The molecule has 0 rings (SSSR count). The maximum absolute atomic E-state index is 12.1. The minimum Gasteiger partial charge on any atom is -0.311 e. The van der Waals surface area contributed by atoms with E-state index in [1.807, 2.05) is 0 Å². The smallest absolute Gasteiger partial charge is 0.311 e. The SMILES string of the molecule is C=CCOC(F)(F)C(F)(F)C(F)(F)F. The minimum atomic E-state index is -6.36. The molecular formula is C6H5F7O. The third-order valence-electron chi connectivity index (χ3n) is 1.10. The third kappa shape index (κ3) is 2.37. The van der Waals surface area contributed by atoms with E-state index in [-0.39, 0.29) is 0 Å². The fraction of sp³-hybridized carbons (Fsp3) is 0.667. The van der Waals surface area contributed by atoms with E-state index in [1.165, 1.54) is 0 Å². The van der Waals surface area contributed by atoms with Crippen LogP contribution in [0.3, 0.4) is 0 Å². The van der Waals surface area contributed by atoms with Crippen molar-refractivity contribution in [1.29, 1.82) is 0 Å². The maximum atomic E-state index is 12.1. The van der Waals surface area contributed by atoms with Crippen molar-refractivity contribution >= 4 is 0 Å². The Kier molecular flexibility index (Phi) is 3.54. The first kappa shape index (κ1) is 13.2. The Labute approximate surface area is 74.1 Å². The molecule has 14 heavy (non-hydrogen) atoms. The van der Waals surface area contributed by atoms with Crippen molar-refractivity contribution in [3.8, 4) is 0 Å². The lowest BCUT2D eigenvalue weighted by molar-refractivity contribution is -0.421. The fourth-order valence-electron chi connectivity index (χ4n) is 0.419. The lowest BCUT2D eigenvalue weighted by Crippen LogP contribution is -2.53. The largest absolute Gasteiger partial charge is 0.462 e. The fourth-order valence-corrected chi connectivity index (χ4v) is 0.419. The number of rotatable bonds is 4. The van der Waals surface area contributed by atoms with Crippen LogP contribution in [0.25, 0.3) is 0 Å². The minimum absolute atomic E-state index is 0.625. The van der Waals surface area contributed by atoms with Crippen LogP contribution in [0.4, 0.5) is 30.7 Å². The van der Waals surface area contributed by atoms with Crippen molar-refractivity contribution in [2.24, 2.45) is 0 Å². The van der Waals surface area contributed by atoms with Crippen molar-refractivity contribution in [2.45, 2.75) is 18.2 Å². The van der Waals surface area contributed by atoms with Crippen LogP contribution in [0.15, 0.2) is 12.7 Å². The molecule has 8 heteroatoms. The van der Waals surface area contributed by atoms with Crippen molar-refractivity contribution in [1.82, 2.24) is 0 Å². The van der Waals surface area contributed by atoms with Crippen LogP contribution in [0.1, 0.15) is 0 Å². The number of halogens is 7. The molecule has 0 aromatic rings. The number of hydrogen-bond donors (Lipinski definition) is 0. The highest BCUT2D eigenvalue weighted by Crippen LogP contribution is 2.46. The Hall–Kier alpha value is -0.790. The molecule has 0 amide bonds. The third-order valence-corrected chi connectivity index (χ3v) is 1.10. The van der Waals surface area contributed by atoms with E-state index in [1.54, 1.807) is 0 Å². The van der Waals surface area contributed by atoms with Crippen LogP contribution in [0.2, 0.25) is 0 Å². The van der Waals surface area contributed by atoms with E-state index in [9.17, 15) is 30.7 Å². The van der Waals surface area contributed by atoms with Gasteiger partial charge in [-0.15, -0.1) is 6.58 Å². The lowest BCUT2D eigenvalue weighted by Gasteiger charge is -2.27. The molecule has 1 nitrogen and oxygen atoms in total. The summed E-state index contributed by atoms with van der Waals surface area (Å²) in [6.45, 7) is 1.71. The molecule has 84 valence electrons. The topological polar surface area (TPSA) is 9.23 Å². The average molecular weight is 226 g/mol. The summed E-state index contributed by atoms with van der Waals surface area (Å²) in [5.74, 6) is -6.22. The Morgan fingerprint density at radius 2 is 1.43 bits per heavy atom. The zero-order chi connectivity index (χ0) is 11.6. The Morgan fingerprint density at radius 1 is 1.00 bits per heavy atom. The predicted octanol–water partition coefficient (Wildman–Crippen LogP) is 2.98. The highest BCUT2D eigenvalue weighted by atomic mass is 19.4. The van der Waals surface area contributed by atoms with E-state index < -0.39 is 24.8 Å². The van der Waals surface area contributed by atoms with E-state index >= 15 is 0 Å². The van der Waals surface area contributed by atoms with Gasteiger partial charge in [0, 0.05) is 0 Å². The van der Waals surface area contributed by atoms with Gasteiger partial charge in [-0.1, -0.05) is 6.08 Å². The summed E-state index contributed by atoms with van der Waals surface area (Å²) in [7, 11) is 0. The van der Waals surface area contributed by atoms with Crippen molar-refractivity contribution in [2.75, 3.05) is 6.61 Å². The molecule has 0 aromatic heterocycles. The summed E-state index contributed by atoms with van der Waals surface area (Å²) in [6, 6.07) is 0. The van der Waals surface area contributed by atoms with Crippen LogP contribution in [-0.2, 0) is 4.74 Å². The quantitative estimate of drug-likeness (QED) is 0.529. The first-order valence-corrected chi connectivity index (χ1v) is 3.13. The molecule has 0 bridgehead atoms. The second kappa shape index (κ2) is 3.76. The van der Waals surface area contributed by atoms with E-state index in [4.69, 9.17) is 0 Å². The number of ether oxygens (including phenoxy) is 1. The molecule has 0 radical (unpaired) electrons. The average Bonchev–Trinajstić information content (AvgIpc) is 1.98. The van der Waals surface area contributed by atoms with Gasteiger partial charge in [0.15, 0.2) is 0 Å². The maximum Gasteiger partial charge on any atom is 0.462 e. The van der Waals surface area contributed by atoms with E-state index in [2.05, 4.69) is 11.3 Å². The van der Waals surface area contributed by atoms with Crippen LogP contribution < -0.4 is 0 Å². The molecule has 0 unspecified atom stereocenters. The van der Waals surface area contributed by atoms with Crippen LogP contribution >= 0.6 is 0 Å². The van der Waals surface area contributed by atoms with Gasteiger partial charge in [0.25, 0.3) is 0 Å². The summed E-state index contributed by atoms with van der Waals surface area (Å²) in [4.78, 5) is 0. The molecule has 0 aliphatic heterocycles. The van der Waals surface area contributed by atoms with Gasteiger partial charge in [-0.25, -0.2) is 0 Å². The predicted molar refractivity (Wildman–Crippen MR) is 32.1 cm³/mol. The van der Waals surface area contributed by atoms with Gasteiger partial charge < -0.3 is 4.74 Å². The summed E-state index contributed by atoms with van der Waals surface area (Å²) >= 11 is 0. The van der Waals surface area contributed by atoms with Gasteiger partial charge in [-0.2, -0.15) is 30.7 Å². The lowest BCUT2D eigenvalue weighted by atomic mass is 10.3. The zero-order valence-electron chi connectivity index (χ0n) is 6.55. The molecule has 0 spiro atoms. The summed E-state index contributed by atoms with van der Waals surface area (Å²) in [5, 5.41) is 0. The highest BCUT2D eigenvalue weighted by Gasteiger charge is 2.74. The summed E-state index contributed by atoms with van der Waals surface area (Å²) < 4.78 is 85.6. The molecule has 0 N–H and O–H groups in total. The zero-order valence-corrected chi connectivity index (χ0v) is 6.55. The standard InChI is InChI=1S/C6H5F7O/c1-2-3-14-6(12,13)4(7,8)5(9,10)11/h2H,1,3H2. The number of alkyl halides is 7. The first-order valence-electron chi connectivity index (χ1n) is 3.13. The van der Waals surface area contributed by atoms with Gasteiger partial charge in [0.05, 0.1) is 6.61 Å². The Morgan fingerprint density at radius 3 is 1.71 bits per heavy atom. The summed E-state index contributed by atoms with van der Waals surface area (Å²) in [5.41, 5.74) is 0. The van der Waals surface area contributed by atoms with Gasteiger partial charge >= 0.3 is 18.2 Å². The van der Waals surface area contributed by atoms with Crippen molar-refractivity contribution in [3.05, 3.63) is 12.7 Å². The Balaban J connectivity index is 4.77. The molecule has 0 aliphatic rings. The summed E-state index contributed by atoms with van der Waals surface area (Å²) in [6.07, 6.45) is -11.3. The van der Waals surface area contributed by atoms with Crippen molar-refractivity contribution < 1.29 is 35.5 Å². The molecule has 0 fully saturated rings. The van der Waals surface area contributed by atoms with Crippen LogP contribution in [-0.4, -0.2) is 24.8 Å². The monoisotopic (exact) mass is 226 g/mol. The van der Waals surface area contributed by atoms with Gasteiger partial charge in [0.1, 0.15) is 0 Å². The second-order valence-corrected chi connectivity index (χ2v) is 2.19. The van der Waals surface area contributed by atoms with E-state index in [0.717, 1.165) is 0 Å². The molecule has 0 saturated heterocycles. The van der Waals surface area contributed by atoms with Gasteiger partial charge in [0.2, 0.25) is 0 Å². The Bertz CT molecular complexity index is 207. The molecule has 0 heterocycles. The molecule has 0 atom stereocenters. The first-order chi connectivity index (χ1) is 6.06. The van der Waals surface area contributed by atoms with Gasteiger partial charge in [-0.05, 0) is 0 Å². The molecule has 0 aliphatic carbocycles. The normalized spacial score (nSPS) is 14.2. The van der Waals surface area contributed by atoms with E-state index in [0.29, 0.717) is 6.08 Å².